The second-order valence-corrected chi connectivity index (χ2v) is 11.9. The standard InChI is InChI=1S/2C10H15.CH3.Al/c2*1-6-7(2)9(4)10(5)8(6)3;;/h2*1-5H3;1H3;. The average Bonchev–Trinajstić information content (AvgIpc) is 2.75. The third-order valence-electron chi connectivity index (χ3n) is 8.22. The molecule has 0 fully saturated rings. The molecule has 0 aliphatic heterocycles. The molecule has 0 saturated heterocycles. The minimum absolute atomic E-state index is 0.302. The highest BCUT2D eigenvalue weighted by Gasteiger charge is 2.55. The minimum atomic E-state index is -1.15. The second-order valence-electron chi connectivity index (χ2n) is 8.13. The van der Waals surface area contributed by atoms with E-state index in [0.29, 0.717) is 8.55 Å². The molecule has 22 heavy (non-hydrogen) atoms. The lowest BCUT2D eigenvalue weighted by Gasteiger charge is -2.44. The third kappa shape index (κ3) is 1.88. The van der Waals surface area contributed by atoms with Crippen LogP contribution in [0.3, 0.4) is 0 Å². The molecule has 0 atom stereocenters. The molecule has 2 aliphatic carbocycles. The Hall–Kier alpha value is -0.508. The van der Waals surface area contributed by atoms with Crippen LogP contribution in [0.25, 0.3) is 0 Å². The highest BCUT2D eigenvalue weighted by Crippen LogP contribution is 2.64. The first-order chi connectivity index (χ1) is 9.93. The van der Waals surface area contributed by atoms with Crippen LogP contribution in [0.5, 0.6) is 0 Å². The van der Waals surface area contributed by atoms with Gasteiger partial charge in [0.15, 0.2) is 0 Å². The molecule has 0 nitrogen and oxygen atoms in total. The summed E-state index contributed by atoms with van der Waals surface area (Å²) in [5.74, 6) is 2.61. The summed E-state index contributed by atoms with van der Waals surface area (Å²) < 4.78 is 0.604. The Morgan fingerprint density at radius 3 is 0.864 bits per heavy atom. The van der Waals surface area contributed by atoms with E-state index < -0.39 is 14.1 Å². The van der Waals surface area contributed by atoms with Crippen molar-refractivity contribution < 1.29 is 0 Å². The van der Waals surface area contributed by atoms with Gasteiger partial charge in [-0.1, -0.05) is 36.1 Å². The Balaban J connectivity index is 2.66. The number of hydrogen-bond acceptors (Lipinski definition) is 0. The van der Waals surface area contributed by atoms with Crippen LogP contribution in [0, 0.1) is 0 Å². The Morgan fingerprint density at radius 1 is 0.500 bits per heavy atom. The first kappa shape index (κ1) is 17.8. The summed E-state index contributed by atoms with van der Waals surface area (Å²) in [6.07, 6.45) is 0. The van der Waals surface area contributed by atoms with Crippen molar-refractivity contribution in [2.45, 2.75) is 83.6 Å². The molecule has 0 aromatic rings. The van der Waals surface area contributed by atoms with E-state index in [-0.39, 0.29) is 0 Å². The average molecular weight is 312 g/mol. The summed E-state index contributed by atoms with van der Waals surface area (Å²) in [7, 11) is 0. The highest BCUT2D eigenvalue weighted by atomic mass is 27.2. The molecule has 0 radical (unpaired) electrons. The molecule has 0 amide bonds. The summed E-state index contributed by atoms with van der Waals surface area (Å²) in [5, 5.41) is 0. The fraction of sp³-hybridized carbons (Fsp3) is 0.619. The SMILES string of the molecule is CC1=C(C)[C](C)([Al]([CH3])[C]2(C)C(C)=C(C)C(C)=C2C)C(C)=C1C. The van der Waals surface area contributed by atoms with Crippen molar-refractivity contribution in [3.05, 3.63) is 44.6 Å². The lowest BCUT2D eigenvalue weighted by Crippen LogP contribution is -2.40. The molecule has 0 N–H and O–H groups in total. The summed E-state index contributed by atoms with van der Waals surface area (Å²) in [6.45, 7) is 23.9. The van der Waals surface area contributed by atoms with Crippen molar-refractivity contribution in [1.29, 1.82) is 0 Å². The van der Waals surface area contributed by atoms with E-state index in [2.05, 4.69) is 75.0 Å². The van der Waals surface area contributed by atoms with E-state index in [1.807, 2.05) is 0 Å². The van der Waals surface area contributed by atoms with Gasteiger partial charge in [0.25, 0.3) is 14.1 Å². The van der Waals surface area contributed by atoms with Gasteiger partial charge in [-0.15, -0.1) is 5.79 Å². The fourth-order valence-electron chi connectivity index (χ4n) is 5.12. The normalized spacial score (nSPS) is 24.1. The lowest BCUT2D eigenvalue weighted by atomic mass is 9.95. The lowest BCUT2D eigenvalue weighted by molar-refractivity contribution is 0.725. The van der Waals surface area contributed by atoms with Crippen molar-refractivity contribution in [1.82, 2.24) is 0 Å². The molecule has 0 bridgehead atoms. The van der Waals surface area contributed by atoms with Crippen molar-refractivity contribution in [3.8, 4) is 0 Å². The Kier molecular flexibility index (Phi) is 4.26. The number of hydrogen-bond donors (Lipinski definition) is 0. The van der Waals surface area contributed by atoms with E-state index in [0.717, 1.165) is 0 Å². The second kappa shape index (κ2) is 5.26. The predicted molar refractivity (Wildman–Crippen MR) is 102 cm³/mol. The molecule has 2 rings (SSSR count). The smallest absolute Gasteiger partial charge is 0.104 e. The third-order valence-corrected chi connectivity index (χ3v) is 13.4. The molecule has 120 valence electrons. The molecular weight excluding hydrogens is 279 g/mol. The van der Waals surface area contributed by atoms with Crippen molar-refractivity contribution >= 4 is 14.1 Å². The zero-order valence-electron chi connectivity index (χ0n) is 16.6. The van der Waals surface area contributed by atoms with Crippen LogP contribution in [0.2, 0.25) is 14.3 Å². The van der Waals surface area contributed by atoms with Crippen molar-refractivity contribution in [3.63, 3.8) is 0 Å². The number of allylic oxidation sites excluding steroid dienone is 8. The van der Waals surface area contributed by atoms with Gasteiger partial charge in [-0.2, -0.15) is 0 Å². The molecule has 1 heteroatoms. The fourth-order valence-corrected chi connectivity index (χ4v) is 9.74. The zero-order valence-corrected chi connectivity index (χ0v) is 17.7. The van der Waals surface area contributed by atoms with Gasteiger partial charge < -0.3 is 0 Å². The van der Waals surface area contributed by atoms with Crippen LogP contribution in [0.1, 0.15) is 69.2 Å². The molecular formula is C21H33Al. The molecule has 0 heterocycles. The summed E-state index contributed by atoms with van der Waals surface area (Å²) in [6, 6.07) is 0. The maximum atomic E-state index is 2.61. The Labute approximate surface area is 142 Å². The quantitative estimate of drug-likeness (QED) is 0.481. The van der Waals surface area contributed by atoms with E-state index >= 15 is 0 Å². The van der Waals surface area contributed by atoms with Gasteiger partial charge in [0.2, 0.25) is 0 Å². The Morgan fingerprint density at radius 2 is 0.682 bits per heavy atom. The summed E-state index contributed by atoms with van der Waals surface area (Å²) in [4.78, 5) is 0. The zero-order chi connectivity index (χ0) is 17.2. The number of rotatable bonds is 2. The maximum absolute atomic E-state index is 2.61. The molecule has 0 saturated carbocycles. The van der Waals surface area contributed by atoms with Gasteiger partial charge in [0.05, 0.1) is 0 Å². The molecule has 0 spiro atoms. The first-order valence-corrected chi connectivity index (χ1v) is 11.0. The Bertz CT molecular complexity index is 558. The maximum Gasteiger partial charge on any atom is 0.297 e. The van der Waals surface area contributed by atoms with Crippen molar-refractivity contribution in [2.24, 2.45) is 0 Å². The van der Waals surface area contributed by atoms with Crippen LogP contribution in [-0.4, -0.2) is 14.1 Å². The largest absolute Gasteiger partial charge is 0.297 e. The van der Waals surface area contributed by atoms with E-state index in [1.54, 1.807) is 22.3 Å². The summed E-state index contributed by atoms with van der Waals surface area (Å²) in [5.41, 5.74) is 12.7. The first-order valence-electron chi connectivity index (χ1n) is 8.65. The molecule has 0 aromatic heterocycles. The van der Waals surface area contributed by atoms with Crippen LogP contribution in [-0.2, 0) is 0 Å². The monoisotopic (exact) mass is 312 g/mol. The van der Waals surface area contributed by atoms with Crippen LogP contribution in [0.4, 0.5) is 0 Å². The molecule has 0 unspecified atom stereocenters. The molecule has 2 aliphatic rings. The van der Waals surface area contributed by atoms with E-state index in [9.17, 15) is 0 Å². The highest BCUT2D eigenvalue weighted by molar-refractivity contribution is 6.68. The summed E-state index contributed by atoms with van der Waals surface area (Å²) >= 11 is -1.15. The topological polar surface area (TPSA) is 0 Å². The van der Waals surface area contributed by atoms with Gasteiger partial charge in [0, 0.05) is 0 Å². The van der Waals surface area contributed by atoms with Crippen LogP contribution >= 0.6 is 0 Å². The van der Waals surface area contributed by atoms with Gasteiger partial charge in [0.1, 0.15) is 0 Å². The van der Waals surface area contributed by atoms with Gasteiger partial charge in [-0.3, -0.25) is 0 Å². The minimum Gasteiger partial charge on any atom is -0.104 e. The predicted octanol–water partition coefficient (Wildman–Crippen LogP) is 7.00. The van der Waals surface area contributed by atoms with E-state index in [1.165, 1.54) is 22.3 Å². The van der Waals surface area contributed by atoms with E-state index in [4.69, 9.17) is 0 Å². The van der Waals surface area contributed by atoms with Crippen LogP contribution < -0.4 is 0 Å². The van der Waals surface area contributed by atoms with Crippen LogP contribution in [0.15, 0.2) is 44.6 Å². The van der Waals surface area contributed by atoms with Crippen molar-refractivity contribution in [2.75, 3.05) is 0 Å². The van der Waals surface area contributed by atoms with Gasteiger partial charge in [-0.25, -0.2) is 0 Å². The molecule has 0 aromatic carbocycles. The van der Waals surface area contributed by atoms with Gasteiger partial charge in [-0.05, 0) is 86.2 Å². The van der Waals surface area contributed by atoms with Gasteiger partial charge >= 0.3 is 0 Å².